The third-order valence-electron chi connectivity index (χ3n) is 5.37. The third-order valence-corrected chi connectivity index (χ3v) is 5.37. The summed E-state index contributed by atoms with van der Waals surface area (Å²) in [4.78, 5) is 16.6. The van der Waals surface area contributed by atoms with Gasteiger partial charge in [0.2, 0.25) is 0 Å². The number of amides is 1. The summed E-state index contributed by atoms with van der Waals surface area (Å²) in [6, 6.07) is 8.39. The molecule has 0 radical (unpaired) electrons. The molecule has 150 valence electrons. The van der Waals surface area contributed by atoms with Crippen molar-refractivity contribution >= 4 is 6.09 Å². The molecule has 0 aromatic heterocycles. The zero-order valence-corrected chi connectivity index (χ0v) is 17.1. The number of hydrogen-bond donors (Lipinski definition) is 0. The van der Waals surface area contributed by atoms with Crippen LogP contribution in [0.4, 0.5) is 4.79 Å². The number of carbonyl (C=O) groups excluding carboxylic acids is 1. The van der Waals surface area contributed by atoms with Crippen LogP contribution < -0.4 is 4.74 Å². The van der Waals surface area contributed by atoms with Crippen LogP contribution in [-0.2, 0) is 4.74 Å². The third kappa shape index (κ3) is 5.86. The number of benzene rings is 1. The summed E-state index contributed by atoms with van der Waals surface area (Å²) < 4.78 is 11.6. The molecular formula is C22H34N2O3. The number of carbonyl (C=O) groups is 1. The second-order valence-electron chi connectivity index (χ2n) is 8.68. The molecule has 0 spiro atoms. The average molecular weight is 375 g/mol. The van der Waals surface area contributed by atoms with E-state index in [4.69, 9.17) is 9.47 Å². The Kier molecular flexibility index (Phi) is 6.64. The second kappa shape index (κ2) is 8.96. The number of likely N-dealkylation sites (tertiary alicyclic amines) is 2. The smallest absolute Gasteiger partial charge is 0.410 e. The summed E-state index contributed by atoms with van der Waals surface area (Å²) in [5, 5.41) is 0. The molecule has 1 aromatic rings. The van der Waals surface area contributed by atoms with Gasteiger partial charge in [-0.25, -0.2) is 4.79 Å². The number of hydrogen-bond acceptors (Lipinski definition) is 4. The minimum absolute atomic E-state index is 0.198. The summed E-state index contributed by atoms with van der Waals surface area (Å²) in [5.41, 5.74) is 0.840. The first kappa shape index (κ1) is 20.0. The Balaban J connectivity index is 1.52. The van der Waals surface area contributed by atoms with E-state index in [-0.39, 0.29) is 6.09 Å². The van der Waals surface area contributed by atoms with Crippen molar-refractivity contribution in [3.05, 3.63) is 29.8 Å². The molecule has 0 atom stereocenters. The summed E-state index contributed by atoms with van der Waals surface area (Å²) in [7, 11) is 0. The van der Waals surface area contributed by atoms with Gasteiger partial charge in [-0.1, -0.05) is 18.2 Å². The molecule has 1 aromatic carbocycles. The highest BCUT2D eigenvalue weighted by Crippen LogP contribution is 2.34. The molecule has 3 rings (SSSR count). The van der Waals surface area contributed by atoms with Crippen molar-refractivity contribution in [3.8, 4) is 5.75 Å². The van der Waals surface area contributed by atoms with E-state index in [0.29, 0.717) is 5.92 Å². The molecule has 0 unspecified atom stereocenters. The molecule has 0 aliphatic carbocycles. The summed E-state index contributed by atoms with van der Waals surface area (Å²) in [5.74, 6) is 1.44. The van der Waals surface area contributed by atoms with Crippen LogP contribution in [0.15, 0.2) is 24.3 Å². The lowest BCUT2D eigenvalue weighted by atomic mass is 9.89. The molecule has 2 heterocycles. The minimum atomic E-state index is -0.441. The van der Waals surface area contributed by atoms with Gasteiger partial charge in [0.05, 0.1) is 0 Å². The topological polar surface area (TPSA) is 42.0 Å². The Morgan fingerprint density at radius 1 is 1.07 bits per heavy atom. The fourth-order valence-corrected chi connectivity index (χ4v) is 3.94. The van der Waals surface area contributed by atoms with Gasteiger partial charge in [0.1, 0.15) is 18.0 Å². The van der Waals surface area contributed by atoms with E-state index in [9.17, 15) is 4.79 Å². The van der Waals surface area contributed by atoms with Crippen LogP contribution in [0.3, 0.4) is 0 Å². The van der Waals surface area contributed by atoms with Crippen LogP contribution in [0.2, 0.25) is 0 Å². The zero-order valence-electron chi connectivity index (χ0n) is 17.1. The predicted octanol–water partition coefficient (Wildman–Crippen LogP) is 4.28. The Hall–Kier alpha value is -1.75. The zero-order chi connectivity index (χ0) is 19.3. The van der Waals surface area contributed by atoms with Gasteiger partial charge in [-0.3, -0.25) is 4.90 Å². The van der Waals surface area contributed by atoms with Crippen molar-refractivity contribution in [1.82, 2.24) is 9.80 Å². The average Bonchev–Trinajstić information content (AvgIpc) is 3.14. The Morgan fingerprint density at radius 2 is 1.74 bits per heavy atom. The lowest BCUT2D eigenvalue weighted by Gasteiger charge is -2.34. The number of nitrogens with zero attached hydrogens (tertiary/aromatic N) is 2. The molecular weight excluding hydrogens is 340 g/mol. The fraction of sp³-hybridized carbons (Fsp3) is 0.682. The van der Waals surface area contributed by atoms with Crippen molar-refractivity contribution in [2.45, 2.75) is 58.0 Å². The van der Waals surface area contributed by atoms with E-state index in [1.54, 1.807) is 0 Å². The largest absolute Gasteiger partial charge is 0.492 e. The van der Waals surface area contributed by atoms with Crippen molar-refractivity contribution in [3.63, 3.8) is 0 Å². The van der Waals surface area contributed by atoms with Gasteiger partial charge in [0.25, 0.3) is 0 Å². The standard InChI is InChI=1S/C22H34N2O3/c1-22(2,3)27-21(25)24-14-10-18(11-15-24)19-8-4-5-9-20(19)26-17-16-23-12-6-7-13-23/h4-5,8-9,18H,6-7,10-17H2,1-3H3. The van der Waals surface area contributed by atoms with E-state index in [1.165, 1.54) is 31.5 Å². The molecule has 5 heteroatoms. The summed E-state index contributed by atoms with van der Waals surface area (Å²) in [6.07, 6.45) is 4.33. The first-order chi connectivity index (χ1) is 12.9. The highest BCUT2D eigenvalue weighted by Gasteiger charge is 2.28. The molecule has 0 saturated carbocycles. The summed E-state index contributed by atoms with van der Waals surface area (Å²) in [6.45, 7) is 11.4. The van der Waals surface area contributed by atoms with Crippen LogP contribution in [0.5, 0.6) is 5.75 Å². The van der Waals surface area contributed by atoms with Crippen molar-refractivity contribution in [1.29, 1.82) is 0 Å². The van der Waals surface area contributed by atoms with Gasteiger partial charge in [0, 0.05) is 19.6 Å². The normalized spacial score (nSPS) is 19.3. The van der Waals surface area contributed by atoms with Crippen molar-refractivity contribution < 1.29 is 14.3 Å². The first-order valence-electron chi connectivity index (χ1n) is 10.3. The minimum Gasteiger partial charge on any atom is -0.492 e. The van der Waals surface area contributed by atoms with Crippen LogP contribution in [0, 0.1) is 0 Å². The molecule has 2 saturated heterocycles. The van der Waals surface area contributed by atoms with Gasteiger partial charge in [-0.15, -0.1) is 0 Å². The number of para-hydroxylation sites is 1. The van der Waals surface area contributed by atoms with Crippen LogP contribution in [0.1, 0.15) is 57.9 Å². The molecule has 2 aliphatic rings. The van der Waals surface area contributed by atoms with Gasteiger partial charge in [-0.05, 0) is 77.1 Å². The molecule has 2 fully saturated rings. The van der Waals surface area contributed by atoms with E-state index < -0.39 is 5.60 Å². The number of piperidine rings is 1. The first-order valence-corrected chi connectivity index (χ1v) is 10.3. The highest BCUT2D eigenvalue weighted by molar-refractivity contribution is 5.68. The fourth-order valence-electron chi connectivity index (χ4n) is 3.94. The maximum Gasteiger partial charge on any atom is 0.410 e. The lowest BCUT2D eigenvalue weighted by molar-refractivity contribution is 0.0204. The Labute approximate surface area is 163 Å². The Morgan fingerprint density at radius 3 is 2.41 bits per heavy atom. The SMILES string of the molecule is CC(C)(C)OC(=O)N1CCC(c2ccccc2OCCN2CCCC2)CC1. The molecule has 0 N–H and O–H groups in total. The predicted molar refractivity (Wildman–Crippen MR) is 107 cm³/mol. The van der Waals surface area contributed by atoms with Crippen LogP contribution in [-0.4, -0.2) is 60.8 Å². The lowest BCUT2D eigenvalue weighted by Crippen LogP contribution is -2.41. The number of ether oxygens (including phenoxy) is 2. The van der Waals surface area contributed by atoms with E-state index in [2.05, 4.69) is 23.1 Å². The van der Waals surface area contributed by atoms with Crippen molar-refractivity contribution in [2.24, 2.45) is 0 Å². The van der Waals surface area contributed by atoms with Gasteiger partial charge >= 0.3 is 6.09 Å². The van der Waals surface area contributed by atoms with E-state index in [0.717, 1.165) is 44.8 Å². The van der Waals surface area contributed by atoms with E-state index in [1.807, 2.05) is 31.7 Å². The molecule has 2 aliphatic heterocycles. The molecule has 0 bridgehead atoms. The molecule has 27 heavy (non-hydrogen) atoms. The van der Waals surface area contributed by atoms with Crippen LogP contribution >= 0.6 is 0 Å². The molecule has 1 amide bonds. The Bertz CT molecular complexity index is 612. The van der Waals surface area contributed by atoms with Gasteiger partial charge < -0.3 is 14.4 Å². The van der Waals surface area contributed by atoms with Crippen molar-refractivity contribution in [2.75, 3.05) is 39.3 Å². The van der Waals surface area contributed by atoms with E-state index >= 15 is 0 Å². The number of rotatable bonds is 5. The monoisotopic (exact) mass is 374 g/mol. The second-order valence-corrected chi connectivity index (χ2v) is 8.68. The maximum absolute atomic E-state index is 12.3. The van der Waals surface area contributed by atoms with Gasteiger partial charge in [0.15, 0.2) is 0 Å². The quantitative estimate of drug-likeness (QED) is 0.772. The molecule has 5 nitrogen and oxygen atoms in total. The summed E-state index contributed by atoms with van der Waals surface area (Å²) >= 11 is 0. The van der Waals surface area contributed by atoms with Crippen LogP contribution in [0.25, 0.3) is 0 Å². The maximum atomic E-state index is 12.3. The highest BCUT2D eigenvalue weighted by atomic mass is 16.6. The van der Waals surface area contributed by atoms with Gasteiger partial charge in [-0.2, -0.15) is 0 Å².